The minimum Gasteiger partial charge on any atom is -0.389 e. The molecule has 27 heavy (non-hydrogen) atoms. The molecule has 146 valence electrons. The van der Waals surface area contributed by atoms with Crippen LogP contribution in [0.1, 0.15) is 76.1 Å². The van der Waals surface area contributed by atoms with Crippen LogP contribution in [0.25, 0.3) is 0 Å². The van der Waals surface area contributed by atoms with Crippen LogP contribution in [0, 0.1) is 11.8 Å². The Hall–Kier alpha value is -1.64. The zero-order valence-corrected chi connectivity index (χ0v) is 17.1. The number of hydrogen-bond donors (Lipinski definition) is 2. The molecule has 1 heterocycles. The van der Waals surface area contributed by atoms with Crippen LogP contribution >= 0.6 is 0 Å². The summed E-state index contributed by atoms with van der Waals surface area (Å²) in [6, 6.07) is 21.6. The standard InChI is InChI=1S/C25H35NO/c1-4-5-6-13-18-25(27)19(2)23(21-14-9-7-10-15-21)26-24(20(25)3)22-16-11-8-12-17-22/h7-12,14-17,19-20,23-24,26-27H,4-6,13,18H2,1-3H3/t19-,20+,23-,24+,25?. The van der Waals surface area contributed by atoms with Crippen LogP contribution in [-0.4, -0.2) is 10.7 Å². The summed E-state index contributed by atoms with van der Waals surface area (Å²) in [7, 11) is 0. The fraction of sp³-hybridized carbons (Fsp3) is 0.520. The van der Waals surface area contributed by atoms with Crippen LogP contribution in [0.4, 0.5) is 0 Å². The van der Waals surface area contributed by atoms with E-state index in [4.69, 9.17) is 0 Å². The third kappa shape index (κ3) is 4.28. The van der Waals surface area contributed by atoms with Gasteiger partial charge in [0.25, 0.3) is 0 Å². The molecule has 1 aliphatic heterocycles. The highest BCUT2D eigenvalue weighted by Crippen LogP contribution is 2.48. The van der Waals surface area contributed by atoms with Gasteiger partial charge in [0, 0.05) is 23.9 Å². The highest BCUT2D eigenvalue weighted by atomic mass is 16.3. The Morgan fingerprint density at radius 2 is 1.26 bits per heavy atom. The van der Waals surface area contributed by atoms with Gasteiger partial charge in [0.2, 0.25) is 0 Å². The molecular formula is C25H35NO. The van der Waals surface area contributed by atoms with Crippen LogP contribution in [0.2, 0.25) is 0 Å². The average molecular weight is 366 g/mol. The summed E-state index contributed by atoms with van der Waals surface area (Å²) in [4.78, 5) is 0. The second-order valence-electron chi connectivity index (χ2n) is 8.32. The first-order chi connectivity index (χ1) is 13.1. The van der Waals surface area contributed by atoms with Crippen molar-refractivity contribution in [3.63, 3.8) is 0 Å². The molecule has 1 unspecified atom stereocenters. The zero-order valence-electron chi connectivity index (χ0n) is 17.1. The highest BCUT2D eigenvalue weighted by molar-refractivity contribution is 5.27. The van der Waals surface area contributed by atoms with E-state index in [1.165, 1.54) is 30.4 Å². The van der Waals surface area contributed by atoms with Crippen molar-refractivity contribution in [2.75, 3.05) is 0 Å². The Morgan fingerprint density at radius 3 is 1.70 bits per heavy atom. The number of nitrogens with one attached hydrogen (secondary N) is 1. The van der Waals surface area contributed by atoms with E-state index in [2.05, 4.69) is 86.8 Å². The molecule has 0 aliphatic carbocycles. The molecule has 1 aliphatic rings. The van der Waals surface area contributed by atoms with Crippen molar-refractivity contribution >= 4 is 0 Å². The maximum atomic E-state index is 11.9. The van der Waals surface area contributed by atoms with Crippen molar-refractivity contribution in [2.45, 2.75) is 70.6 Å². The molecular weight excluding hydrogens is 330 g/mol. The van der Waals surface area contributed by atoms with Crippen LogP contribution in [0.15, 0.2) is 60.7 Å². The lowest BCUT2D eigenvalue weighted by atomic mass is 9.64. The normalized spacial score (nSPS) is 31.0. The van der Waals surface area contributed by atoms with Gasteiger partial charge in [-0.3, -0.25) is 0 Å². The monoisotopic (exact) mass is 365 g/mol. The van der Waals surface area contributed by atoms with E-state index < -0.39 is 5.60 Å². The molecule has 5 atom stereocenters. The van der Waals surface area contributed by atoms with E-state index in [-0.39, 0.29) is 23.9 Å². The summed E-state index contributed by atoms with van der Waals surface area (Å²) < 4.78 is 0. The van der Waals surface area contributed by atoms with E-state index >= 15 is 0 Å². The minimum absolute atomic E-state index is 0.156. The van der Waals surface area contributed by atoms with Crippen molar-refractivity contribution in [3.8, 4) is 0 Å². The van der Waals surface area contributed by atoms with Crippen molar-refractivity contribution < 1.29 is 5.11 Å². The fourth-order valence-corrected chi connectivity index (χ4v) is 4.85. The molecule has 0 aromatic heterocycles. The number of rotatable bonds is 7. The third-order valence-corrected chi connectivity index (χ3v) is 6.68. The van der Waals surface area contributed by atoms with Crippen LogP contribution in [0.5, 0.6) is 0 Å². The summed E-state index contributed by atoms with van der Waals surface area (Å²) in [6.07, 6.45) is 5.66. The molecule has 0 radical (unpaired) electrons. The number of aliphatic hydroxyl groups is 1. The van der Waals surface area contributed by atoms with E-state index in [1.807, 2.05) is 0 Å². The van der Waals surface area contributed by atoms with Crippen molar-refractivity contribution in [3.05, 3.63) is 71.8 Å². The second kappa shape index (κ2) is 9.03. The predicted octanol–water partition coefficient (Wildman–Crippen LogP) is 6.05. The van der Waals surface area contributed by atoms with Gasteiger partial charge < -0.3 is 10.4 Å². The predicted molar refractivity (Wildman–Crippen MR) is 114 cm³/mol. The summed E-state index contributed by atoms with van der Waals surface area (Å²) >= 11 is 0. The first-order valence-electron chi connectivity index (χ1n) is 10.7. The number of hydrogen-bond acceptors (Lipinski definition) is 2. The van der Waals surface area contributed by atoms with Gasteiger partial charge in [-0.15, -0.1) is 0 Å². The molecule has 1 fully saturated rings. The first kappa shape index (κ1) is 20.1. The first-order valence-corrected chi connectivity index (χ1v) is 10.7. The molecule has 1 saturated heterocycles. The summed E-state index contributed by atoms with van der Waals surface area (Å²) in [5.41, 5.74) is 1.87. The Morgan fingerprint density at radius 1 is 0.778 bits per heavy atom. The molecule has 0 amide bonds. The highest BCUT2D eigenvalue weighted by Gasteiger charge is 2.50. The van der Waals surface area contributed by atoms with E-state index in [9.17, 15) is 5.11 Å². The van der Waals surface area contributed by atoms with Crippen LogP contribution in [-0.2, 0) is 0 Å². The largest absolute Gasteiger partial charge is 0.389 e. The Bertz CT molecular complexity index is 632. The molecule has 0 saturated carbocycles. The fourth-order valence-electron chi connectivity index (χ4n) is 4.85. The lowest BCUT2D eigenvalue weighted by Gasteiger charge is -2.52. The Balaban J connectivity index is 1.92. The number of benzene rings is 2. The number of piperidine rings is 1. The minimum atomic E-state index is -0.667. The summed E-state index contributed by atoms with van der Waals surface area (Å²) in [5.74, 6) is 0.327. The average Bonchev–Trinajstić information content (AvgIpc) is 2.71. The van der Waals surface area contributed by atoms with Crippen molar-refractivity contribution in [2.24, 2.45) is 11.8 Å². The molecule has 0 bridgehead atoms. The molecule has 2 aromatic carbocycles. The zero-order chi connectivity index (χ0) is 19.3. The van der Waals surface area contributed by atoms with Gasteiger partial charge in [-0.25, -0.2) is 0 Å². The van der Waals surface area contributed by atoms with Gasteiger partial charge in [0.1, 0.15) is 0 Å². The SMILES string of the molecule is CCCCCCC1(O)[C@H](C)[C@H](c2ccccc2)N[C@H](c2ccccc2)[C@@H]1C. The van der Waals surface area contributed by atoms with Gasteiger partial charge >= 0.3 is 0 Å². The van der Waals surface area contributed by atoms with Gasteiger partial charge in [-0.2, -0.15) is 0 Å². The molecule has 2 N–H and O–H groups in total. The lowest BCUT2D eigenvalue weighted by molar-refractivity contribution is -0.117. The van der Waals surface area contributed by atoms with Crippen molar-refractivity contribution in [1.29, 1.82) is 0 Å². The second-order valence-corrected chi connectivity index (χ2v) is 8.32. The molecule has 2 heteroatoms. The lowest BCUT2D eigenvalue weighted by Crippen LogP contribution is -2.57. The topological polar surface area (TPSA) is 32.3 Å². The maximum absolute atomic E-state index is 11.9. The Labute approximate surface area is 165 Å². The van der Waals surface area contributed by atoms with E-state index in [0.29, 0.717) is 0 Å². The van der Waals surface area contributed by atoms with E-state index in [0.717, 1.165) is 12.8 Å². The molecule has 0 spiro atoms. The molecule has 2 aromatic rings. The van der Waals surface area contributed by atoms with Crippen LogP contribution < -0.4 is 5.32 Å². The maximum Gasteiger partial charge on any atom is 0.0734 e. The smallest absolute Gasteiger partial charge is 0.0734 e. The summed E-state index contributed by atoms with van der Waals surface area (Å²) in [6.45, 7) is 6.69. The molecule has 3 rings (SSSR count). The summed E-state index contributed by atoms with van der Waals surface area (Å²) in [5, 5.41) is 15.8. The molecule has 2 nitrogen and oxygen atoms in total. The Kier molecular flexibility index (Phi) is 6.73. The quantitative estimate of drug-likeness (QED) is 0.586. The van der Waals surface area contributed by atoms with Crippen molar-refractivity contribution in [1.82, 2.24) is 5.32 Å². The van der Waals surface area contributed by atoms with Gasteiger partial charge in [-0.05, 0) is 17.5 Å². The van der Waals surface area contributed by atoms with Gasteiger partial charge in [0.15, 0.2) is 0 Å². The van der Waals surface area contributed by atoms with E-state index in [1.54, 1.807) is 0 Å². The van der Waals surface area contributed by atoms with Gasteiger partial charge in [0.05, 0.1) is 5.60 Å². The number of unbranched alkanes of at least 4 members (excludes halogenated alkanes) is 3. The third-order valence-electron chi connectivity index (χ3n) is 6.68. The van der Waals surface area contributed by atoms with Crippen LogP contribution in [0.3, 0.4) is 0 Å². The van der Waals surface area contributed by atoms with Gasteiger partial charge in [-0.1, -0.05) is 107 Å².